The highest BCUT2D eigenvalue weighted by molar-refractivity contribution is 8.04. The Morgan fingerprint density at radius 1 is 1.11 bits per heavy atom. The average Bonchev–Trinajstić information content (AvgIpc) is 3.29. The van der Waals surface area contributed by atoms with Crippen molar-refractivity contribution in [2.75, 3.05) is 28.4 Å². The van der Waals surface area contributed by atoms with E-state index in [-0.39, 0.29) is 27.0 Å². The Hall–Kier alpha value is -3.27. The Labute approximate surface area is 218 Å². The van der Waals surface area contributed by atoms with Crippen LogP contribution in [-0.4, -0.2) is 58.8 Å². The van der Waals surface area contributed by atoms with Crippen LogP contribution in [0.25, 0.3) is 5.57 Å². The molecule has 194 valence electrons. The quantitative estimate of drug-likeness (QED) is 0.319. The fourth-order valence-corrected chi connectivity index (χ4v) is 5.99. The van der Waals surface area contributed by atoms with Gasteiger partial charge in [-0.15, -0.1) is 0 Å². The molecule has 2 N–H and O–H groups in total. The average molecular weight is 572 g/mol. The van der Waals surface area contributed by atoms with Crippen LogP contribution in [0.2, 0.25) is 0 Å². The summed E-state index contributed by atoms with van der Waals surface area (Å²) in [7, 11) is -4.48. The van der Waals surface area contributed by atoms with E-state index in [1.165, 1.54) is 6.07 Å². The van der Waals surface area contributed by atoms with Crippen molar-refractivity contribution in [1.29, 1.82) is 0 Å². The lowest BCUT2D eigenvalue weighted by molar-refractivity contribution is -0.137. The number of benzene rings is 2. The number of nitrogens with one attached hydrogen (secondary N) is 1. The Kier molecular flexibility index (Phi) is 7.16. The highest BCUT2D eigenvalue weighted by Crippen LogP contribution is 2.43. The van der Waals surface area contributed by atoms with E-state index < -0.39 is 51.9 Å². The van der Waals surface area contributed by atoms with Crippen LogP contribution in [0.1, 0.15) is 11.1 Å². The van der Waals surface area contributed by atoms with Gasteiger partial charge in [-0.3, -0.25) is 28.7 Å². The van der Waals surface area contributed by atoms with Crippen molar-refractivity contribution >= 4 is 73.8 Å². The smallest absolute Gasteiger partial charge is 0.325 e. The highest BCUT2D eigenvalue weighted by atomic mass is 32.2. The third-order valence-corrected chi connectivity index (χ3v) is 7.55. The molecule has 37 heavy (non-hydrogen) atoms. The van der Waals surface area contributed by atoms with Crippen LogP contribution in [0.4, 0.5) is 24.5 Å². The molecular formula is C22H16F3N3O6S3. The standard InChI is InChI=1S/C22H16F3N3O6S3/c23-22(24,25)12-4-3-5-13(8-12)26-16(29)9-27-15-7-2-1-6-14(15)18(20(27)30)19-21(31)28(11-36-19)17(35)10-37(32,33)34/h1-8H,9-11H2,(H,26,29)(H,32,33,34). The summed E-state index contributed by atoms with van der Waals surface area (Å²) in [5.41, 5.74) is -0.426. The number of para-hydroxylation sites is 1. The summed E-state index contributed by atoms with van der Waals surface area (Å²) in [6.45, 7) is -0.549. The predicted molar refractivity (Wildman–Crippen MR) is 134 cm³/mol. The van der Waals surface area contributed by atoms with Gasteiger partial charge in [0, 0.05) is 11.3 Å². The number of fused-ring (bicyclic) bond motifs is 1. The number of thiocarbonyl (C=S) groups is 1. The summed E-state index contributed by atoms with van der Waals surface area (Å²) in [4.78, 5) is 40.7. The lowest BCUT2D eigenvalue weighted by Crippen LogP contribution is -2.36. The number of hydrogen-bond donors (Lipinski definition) is 2. The van der Waals surface area contributed by atoms with Crippen LogP contribution in [0.5, 0.6) is 0 Å². The molecule has 0 aliphatic carbocycles. The molecule has 2 aromatic carbocycles. The minimum Gasteiger partial charge on any atom is -0.325 e. The van der Waals surface area contributed by atoms with E-state index in [1.807, 2.05) is 0 Å². The SMILES string of the molecule is O=C(CN1C(=O)C(=C2SCN(C(=S)CS(=O)(=O)O)C2=O)c2ccccc21)Nc1cccc(C(F)(F)F)c1. The third kappa shape index (κ3) is 5.69. The van der Waals surface area contributed by atoms with E-state index in [0.29, 0.717) is 11.3 Å². The van der Waals surface area contributed by atoms with E-state index >= 15 is 0 Å². The van der Waals surface area contributed by atoms with Gasteiger partial charge in [0.1, 0.15) is 17.3 Å². The van der Waals surface area contributed by atoms with Gasteiger partial charge in [-0.2, -0.15) is 21.6 Å². The maximum absolute atomic E-state index is 13.4. The number of halogens is 3. The number of carbonyl (C=O) groups excluding carboxylic acids is 3. The molecule has 9 nitrogen and oxygen atoms in total. The summed E-state index contributed by atoms with van der Waals surface area (Å²) < 4.78 is 70.3. The lowest BCUT2D eigenvalue weighted by Gasteiger charge is -2.17. The maximum Gasteiger partial charge on any atom is 0.416 e. The molecule has 0 aromatic heterocycles. The first-order chi connectivity index (χ1) is 17.3. The molecule has 0 saturated carbocycles. The molecule has 0 spiro atoms. The van der Waals surface area contributed by atoms with Crippen molar-refractivity contribution in [3.05, 3.63) is 64.6 Å². The molecule has 1 saturated heterocycles. The minimum absolute atomic E-state index is 0.0177. The fourth-order valence-electron chi connectivity index (χ4n) is 3.74. The first-order valence-corrected chi connectivity index (χ1v) is 13.3. The molecule has 15 heteroatoms. The minimum atomic E-state index is -4.60. The van der Waals surface area contributed by atoms with Gasteiger partial charge in [0.25, 0.3) is 21.9 Å². The zero-order valence-electron chi connectivity index (χ0n) is 18.5. The molecule has 3 amide bonds. The number of rotatable bonds is 5. The number of alkyl halides is 3. The third-order valence-electron chi connectivity index (χ3n) is 5.31. The largest absolute Gasteiger partial charge is 0.416 e. The summed E-state index contributed by atoms with van der Waals surface area (Å²) in [5.74, 6) is -3.22. The monoisotopic (exact) mass is 571 g/mol. The van der Waals surface area contributed by atoms with Crippen molar-refractivity contribution < 1.29 is 40.5 Å². The van der Waals surface area contributed by atoms with E-state index in [0.717, 1.165) is 39.8 Å². The van der Waals surface area contributed by atoms with E-state index in [1.54, 1.807) is 24.3 Å². The lowest BCUT2D eigenvalue weighted by atomic mass is 10.1. The van der Waals surface area contributed by atoms with Gasteiger partial charge in [0.15, 0.2) is 0 Å². The van der Waals surface area contributed by atoms with Crippen LogP contribution < -0.4 is 10.2 Å². The first kappa shape index (κ1) is 26.8. The fraction of sp³-hybridized carbons (Fsp3) is 0.182. The summed E-state index contributed by atoms with van der Waals surface area (Å²) in [6, 6.07) is 10.4. The zero-order valence-corrected chi connectivity index (χ0v) is 20.9. The summed E-state index contributed by atoms with van der Waals surface area (Å²) >= 11 is 5.90. The molecule has 2 aromatic rings. The van der Waals surface area contributed by atoms with Crippen LogP contribution in [0, 0.1) is 0 Å². The van der Waals surface area contributed by atoms with Crippen LogP contribution in [-0.2, 0) is 30.7 Å². The topological polar surface area (TPSA) is 124 Å². The Bertz CT molecular complexity index is 1470. The van der Waals surface area contributed by atoms with Crippen molar-refractivity contribution in [2.24, 2.45) is 0 Å². The predicted octanol–water partition coefficient (Wildman–Crippen LogP) is 3.15. The van der Waals surface area contributed by atoms with Gasteiger partial charge in [0.2, 0.25) is 5.91 Å². The van der Waals surface area contributed by atoms with Gasteiger partial charge in [0.05, 0.1) is 27.6 Å². The van der Waals surface area contributed by atoms with Gasteiger partial charge in [-0.1, -0.05) is 48.2 Å². The highest BCUT2D eigenvalue weighted by Gasteiger charge is 2.41. The number of amides is 3. The van der Waals surface area contributed by atoms with Crippen LogP contribution in [0.15, 0.2) is 53.4 Å². The van der Waals surface area contributed by atoms with Gasteiger partial charge in [-0.25, -0.2) is 0 Å². The molecule has 0 bridgehead atoms. The number of thioether (sulfide) groups is 1. The Balaban J connectivity index is 1.59. The van der Waals surface area contributed by atoms with Crippen molar-refractivity contribution in [3.63, 3.8) is 0 Å². The molecule has 0 unspecified atom stereocenters. The van der Waals surface area contributed by atoms with Crippen LogP contribution >= 0.6 is 24.0 Å². The number of carbonyl (C=O) groups is 3. The molecule has 2 heterocycles. The Morgan fingerprint density at radius 3 is 2.49 bits per heavy atom. The number of hydrogen-bond acceptors (Lipinski definition) is 7. The number of anilines is 2. The normalized spacial score (nSPS) is 17.8. The summed E-state index contributed by atoms with van der Waals surface area (Å²) in [6.07, 6.45) is -4.60. The van der Waals surface area contributed by atoms with Crippen molar-refractivity contribution in [3.8, 4) is 0 Å². The molecule has 2 aliphatic rings. The molecule has 1 fully saturated rings. The second kappa shape index (κ2) is 9.89. The van der Waals surface area contributed by atoms with E-state index in [4.69, 9.17) is 16.8 Å². The second-order valence-corrected chi connectivity index (χ2v) is 10.7. The molecule has 4 rings (SSSR count). The van der Waals surface area contributed by atoms with Crippen molar-refractivity contribution in [1.82, 2.24) is 4.90 Å². The van der Waals surface area contributed by atoms with Gasteiger partial charge < -0.3 is 5.32 Å². The second-order valence-electron chi connectivity index (χ2n) is 7.87. The molecule has 2 aliphatic heterocycles. The van der Waals surface area contributed by atoms with Crippen molar-refractivity contribution in [2.45, 2.75) is 6.18 Å². The Morgan fingerprint density at radius 2 is 1.81 bits per heavy atom. The van der Waals surface area contributed by atoms with Crippen LogP contribution in [0.3, 0.4) is 0 Å². The maximum atomic E-state index is 13.4. The molecular weight excluding hydrogens is 555 g/mol. The summed E-state index contributed by atoms with van der Waals surface area (Å²) in [5, 5.41) is 2.34. The van der Waals surface area contributed by atoms with Gasteiger partial charge in [-0.05, 0) is 24.3 Å². The van der Waals surface area contributed by atoms with E-state index in [2.05, 4.69) is 5.32 Å². The van der Waals surface area contributed by atoms with E-state index in [9.17, 15) is 36.0 Å². The zero-order chi connectivity index (χ0) is 27.1. The molecule has 0 atom stereocenters. The molecule has 0 radical (unpaired) electrons. The number of nitrogens with zero attached hydrogens (tertiary/aromatic N) is 2. The first-order valence-electron chi connectivity index (χ1n) is 10.3. The van der Waals surface area contributed by atoms with Gasteiger partial charge >= 0.3 is 6.18 Å².